The number of rotatable bonds is 6. The number of amides is 1. The van der Waals surface area contributed by atoms with Crippen molar-refractivity contribution < 1.29 is 31.8 Å². The normalized spacial score (nSPS) is 23.6. The SMILES string of the molecule is CC1C2CC(Oc3ccc(C(F)(F)F)cn3)C(C2)N1C(=O)c1c(OCCF)ncc2ccccc12. The first kappa shape index (κ1) is 23.3. The molecule has 0 spiro atoms. The Balaban J connectivity index is 1.43. The molecule has 1 aliphatic heterocycles. The molecule has 1 aliphatic carbocycles. The van der Waals surface area contributed by atoms with Crippen LogP contribution in [0.15, 0.2) is 48.8 Å². The van der Waals surface area contributed by atoms with E-state index >= 15 is 0 Å². The van der Waals surface area contributed by atoms with Crippen molar-refractivity contribution in [2.75, 3.05) is 13.3 Å². The van der Waals surface area contributed by atoms with Crippen LogP contribution in [0, 0.1) is 5.92 Å². The molecule has 184 valence electrons. The third kappa shape index (κ3) is 4.26. The molecule has 2 aromatic heterocycles. The average molecular weight is 489 g/mol. The highest BCUT2D eigenvalue weighted by atomic mass is 19.4. The van der Waals surface area contributed by atoms with Crippen LogP contribution < -0.4 is 9.47 Å². The van der Waals surface area contributed by atoms with Gasteiger partial charge in [-0.05, 0) is 31.7 Å². The fraction of sp³-hybridized carbons (Fsp3) is 0.400. The van der Waals surface area contributed by atoms with Gasteiger partial charge < -0.3 is 14.4 Å². The van der Waals surface area contributed by atoms with Crippen LogP contribution in [0.1, 0.15) is 35.7 Å². The van der Waals surface area contributed by atoms with Gasteiger partial charge in [0.15, 0.2) is 0 Å². The zero-order valence-electron chi connectivity index (χ0n) is 18.8. The molecule has 35 heavy (non-hydrogen) atoms. The van der Waals surface area contributed by atoms with E-state index < -0.39 is 24.5 Å². The summed E-state index contributed by atoms with van der Waals surface area (Å²) in [4.78, 5) is 23.7. The Morgan fingerprint density at radius 1 is 1.11 bits per heavy atom. The molecule has 0 radical (unpaired) electrons. The fourth-order valence-corrected chi connectivity index (χ4v) is 5.19. The number of pyridine rings is 2. The lowest BCUT2D eigenvalue weighted by Gasteiger charge is -2.38. The number of likely N-dealkylation sites (tertiary alicyclic amines) is 1. The van der Waals surface area contributed by atoms with Gasteiger partial charge in [-0.25, -0.2) is 14.4 Å². The zero-order chi connectivity index (χ0) is 24.7. The summed E-state index contributed by atoms with van der Waals surface area (Å²) in [6, 6.07) is 9.02. The molecule has 4 atom stereocenters. The lowest BCUT2D eigenvalue weighted by atomic mass is 9.97. The molecule has 5 rings (SSSR count). The van der Waals surface area contributed by atoms with Crippen LogP contribution in [0.2, 0.25) is 0 Å². The first-order valence-electron chi connectivity index (χ1n) is 11.4. The van der Waals surface area contributed by atoms with Crippen molar-refractivity contribution in [3.63, 3.8) is 0 Å². The van der Waals surface area contributed by atoms with Crippen molar-refractivity contribution in [3.05, 3.63) is 59.9 Å². The molecule has 6 nitrogen and oxygen atoms in total. The number of benzene rings is 1. The van der Waals surface area contributed by atoms with Crippen LogP contribution in [0.4, 0.5) is 17.6 Å². The second-order valence-electron chi connectivity index (χ2n) is 8.85. The summed E-state index contributed by atoms with van der Waals surface area (Å²) < 4.78 is 62.8. The van der Waals surface area contributed by atoms with E-state index in [1.807, 2.05) is 19.1 Å². The molecule has 2 fully saturated rings. The van der Waals surface area contributed by atoms with E-state index in [2.05, 4.69) is 9.97 Å². The Labute approximate surface area is 198 Å². The van der Waals surface area contributed by atoms with Gasteiger partial charge in [-0.15, -0.1) is 0 Å². The molecule has 3 aromatic rings. The quantitative estimate of drug-likeness (QED) is 0.453. The number of alkyl halides is 4. The van der Waals surface area contributed by atoms with E-state index in [1.54, 1.807) is 23.2 Å². The van der Waals surface area contributed by atoms with Crippen LogP contribution in [0.25, 0.3) is 10.8 Å². The smallest absolute Gasteiger partial charge is 0.417 e. The van der Waals surface area contributed by atoms with E-state index in [0.29, 0.717) is 18.2 Å². The number of aromatic nitrogens is 2. The van der Waals surface area contributed by atoms with Crippen molar-refractivity contribution in [1.82, 2.24) is 14.9 Å². The van der Waals surface area contributed by atoms with Gasteiger partial charge in [-0.1, -0.05) is 24.3 Å². The summed E-state index contributed by atoms with van der Waals surface area (Å²) >= 11 is 0. The number of hydrogen-bond acceptors (Lipinski definition) is 5. The highest BCUT2D eigenvalue weighted by Gasteiger charge is 2.53. The maximum Gasteiger partial charge on any atom is 0.417 e. The monoisotopic (exact) mass is 489 g/mol. The zero-order valence-corrected chi connectivity index (χ0v) is 18.8. The summed E-state index contributed by atoms with van der Waals surface area (Å²) in [6.45, 7) is 1.03. The maximum atomic E-state index is 13.9. The minimum absolute atomic E-state index is 0.0724. The number of fused-ring (bicyclic) bond motifs is 3. The molecule has 2 bridgehead atoms. The molecule has 3 heterocycles. The summed E-state index contributed by atoms with van der Waals surface area (Å²) in [5.74, 6) is 0.0241. The number of ether oxygens (including phenoxy) is 2. The van der Waals surface area contributed by atoms with Gasteiger partial charge in [0.2, 0.25) is 11.8 Å². The molecule has 1 amide bonds. The predicted octanol–water partition coefficient (Wildman–Crippen LogP) is 5.07. The Morgan fingerprint density at radius 3 is 2.60 bits per heavy atom. The Bertz CT molecular complexity index is 1230. The summed E-state index contributed by atoms with van der Waals surface area (Å²) in [6.07, 6.45) is -1.20. The van der Waals surface area contributed by atoms with E-state index in [9.17, 15) is 22.4 Å². The Kier molecular flexibility index (Phi) is 5.98. The van der Waals surface area contributed by atoms with Crippen LogP contribution in [0.3, 0.4) is 0 Å². The number of nitrogens with zero attached hydrogens (tertiary/aromatic N) is 3. The topological polar surface area (TPSA) is 64.5 Å². The molecule has 0 N–H and O–H groups in total. The summed E-state index contributed by atoms with van der Waals surface area (Å²) in [5.41, 5.74) is -0.588. The second kappa shape index (κ2) is 8.98. The van der Waals surface area contributed by atoms with Crippen LogP contribution in [-0.2, 0) is 6.18 Å². The molecule has 1 saturated carbocycles. The lowest BCUT2D eigenvalue weighted by molar-refractivity contribution is -0.137. The summed E-state index contributed by atoms with van der Waals surface area (Å²) in [5, 5.41) is 1.40. The lowest BCUT2D eigenvalue weighted by Crippen LogP contribution is -2.51. The van der Waals surface area contributed by atoms with Crippen molar-refractivity contribution >= 4 is 16.7 Å². The van der Waals surface area contributed by atoms with E-state index in [0.717, 1.165) is 17.6 Å². The molecule has 1 aromatic carbocycles. The van der Waals surface area contributed by atoms with E-state index in [-0.39, 0.29) is 47.8 Å². The summed E-state index contributed by atoms with van der Waals surface area (Å²) in [7, 11) is 0. The molecule has 10 heteroatoms. The third-order valence-electron chi connectivity index (χ3n) is 6.85. The van der Waals surface area contributed by atoms with Crippen LogP contribution >= 0.6 is 0 Å². The van der Waals surface area contributed by atoms with Crippen molar-refractivity contribution in [1.29, 1.82) is 0 Å². The fourth-order valence-electron chi connectivity index (χ4n) is 5.19. The van der Waals surface area contributed by atoms with Gasteiger partial charge in [0, 0.05) is 35.3 Å². The van der Waals surface area contributed by atoms with Crippen molar-refractivity contribution in [3.8, 4) is 11.8 Å². The first-order chi connectivity index (χ1) is 16.8. The van der Waals surface area contributed by atoms with Gasteiger partial charge in [0.05, 0.1) is 11.6 Å². The number of hydrogen-bond donors (Lipinski definition) is 0. The van der Waals surface area contributed by atoms with Crippen LogP contribution in [0.5, 0.6) is 11.8 Å². The highest BCUT2D eigenvalue weighted by molar-refractivity contribution is 6.09. The Morgan fingerprint density at radius 2 is 1.91 bits per heavy atom. The standard InChI is InChI=1S/C25H23F4N3O3/c1-14-16-10-19(20(11-16)35-21-7-6-17(13-30-21)25(27,28)29)32(14)24(33)22-18-5-3-2-4-15(18)12-31-23(22)34-9-8-26/h2-7,12-14,16,19-20H,8-11H2,1H3. The second-order valence-corrected chi connectivity index (χ2v) is 8.85. The van der Waals surface area contributed by atoms with Crippen molar-refractivity contribution in [2.45, 2.75) is 44.1 Å². The van der Waals surface area contributed by atoms with Gasteiger partial charge in [-0.3, -0.25) is 4.79 Å². The molecule has 2 aliphatic rings. The van der Waals surface area contributed by atoms with Crippen LogP contribution in [-0.4, -0.2) is 52.2 Å². The first-order valence-corrected chi connectivity index (χ1v) is 11.4. The van der Waals surface area contributed by atoms with E-state index in [4.69, 9.17) is 9.47 Å². The number of carbonyl (C=O) groups is 1. The molecular formula is C25H23F4N3O3. The number of piperidine rings is 1. The largest absolute Gasteiger partial charge is 0.474 e. The van der Waals surface area contributed by atoms with Crippen molar-refractivity contribution in [2.24, 2.45) is 5.92 Å². The van der Waals surface area contributed by atoms with E-state index in [1.165, 1.54) is 6.07 Å². The molecule has 1 saturated heterocycles. The third-order valence-corrected chi connectivity index (χ3v) is 6.85. The average Bonchev–Trinajstić information content (AvgIpc) is 3.39. The highest BCUT2D eigenvalue weighted by Crippen LogP contribution is 2.45. The molecular weight excluding hydrogens is 466 g/mol. The molecule has 4 unspecified atom stereocenters. The van der Waals surface area contributed by atoms with Gasteiger partial charge in [0.1, 0.15) is 24.9 Å². The predicted molar refractivity (Wildman–Crippen MR) is 119 cm³/mol. The van der Waals surface area contributed by atoms with Gasteiger partial charge in [0.25, 0.3) is 5.91 Å². The number of carbonyl (C=O) groups excluding carboxylic acids is 1. The van der Waals surface area contributed by atoms with Gasteiger partial charge in [-0.2, -0.15) is 13.2 Å². The number of halogens is 4. The minimum atomic E-state index is -4.48. The maximum absolute atomic E-state index is 13.9. The van der Waals surface area contributed by atoms with Gasteiger partial charge >= 0.3 is 6.18 Å². The Hall–Kier alpha value is -3.43. The minimum Gasteiger partial charge on any atom is -0.474 e.